The summed E-state index contributed by atoms with van der Waals surface area (Å²) in [6.45, 7) is 8.75. The van der Waals surface area contributed by atoms with Gasteiger partial charge in [0.1, 0.15) is 0 Å². The number of nitrogens with two attached hydrogens (primary N) is 1. The Morgan fingerprint density at radius 2 is 1.90 bits per heavy atom. The van der Waals surface area contributed by atoms with Gasteiger partial charge in [0.2, 0.25) is 0 Å². The number of benzene rings is 1. The zero-order valence-electron chi connectivity index (χ0n) is 13.3. The summed E-state index contributed by atoms with van der Waals surface area (Å²) in [5, 5.41) is 0. The van der Waals surface area contributed by atoms with E-state index in [9.17, 15) is 0 Å². The Bertz CT molecular complexity index is 454. The van der Waals surface area contributed by atoms with Crippen LogP contribution < -0.4 is 10.6 Å². The van der Waals surface area contributed by atoms with Crippen LogP contribution >= 0.6 is 15.9 Å². The number of piperazine rings is 1. The van der Waals surface area contributed by atoms with E-state index in [1.54, 1.807) is 0 Å². The van der Waals surface area contributed by atoms with E-state index in [2.05, 4.69) is 62.9 Å². The minimum Gasteiger partial charge on any atom is -0.368 e. The third-order valence-electron chi connectivity index (χ3n) is 4.07. The van der Waals surface area contributed by atoms with E-state index in [4.69, 9.17) is 5.73 Å². The maximum atomic E-state index is 5.94. The van der Waals surface area contributed by atoms with Gasteiger partial charge in [-0.3, -0.25) is 4.90 Å². The highest BCUT2D eigenvalue weighted by Gasteiger charge is 2.19. The molecule has 0 aliphatic carbocycles. The summed E-state index contributed by atoms with van der Waals surface area (Å²) in [6, 6.07) is 6.57. The Kier molecular flexibility index (Phi) is 6.05. The first-order valence-electron chi connectivity index (χ1n) is 7.64. The zero-order valence-corrected chi connectivity index (χ0v) is 14.9. The van der Waals surface area contributed by atoms with Gasteiger partial charge in [-0.25, -0.2) is 0 Å². The number of halogens is 1. The average Bonchev–Trinajstić information content (AvgIpc) is 2.45. The van der Waals surface area contributed by atoms with Crippen LogP contribution in [0.4, 0.5) is 5.69 Å². The van der Waals surface area contributed by atoms with Crippen LogP contribution in [-0.4, -0.2) is 63.2 Å². The van der Waals surface area contributed by atoms with E-state index < -0.39 is 0 Å². The fourth-order valence-electron chi connectivity index (χ4n) is 2.62. The minimum atomic E-state index is 0.0817. The molecule has 5 heteroatoms. The molecule has 118 valence electrons. The highest BCUT2D eigenvalue weighted by Crippen LogP contribution is 2.29. The van der Waals surface area contributed by atoms with Crippen molar-refractivity contribution in [2.24, 2.45) is 5.73 Å². The van der Waals surface area contributed by atoms with E-state index in [0.29, 0.717) is 0 Å². The largest absolute Gasteiger partial charge is 0.368 e. The van der Waals surface area contributed by atoms with Crippen LogP contribution in [0.2, 0.25) is 0 Å². The molecule has 1 saturated heterocycles. The van der Waals surface area contributed by atoms with Crippen molar-refractivity contribution < 1.29 is 0 Å². The van der Waals surface area contributed by atoms with Gasteiger partial charge in [-0.2, -0.15) is 0 Å². The molecule has 1 aromatic carbocycles. The fourth-order valence-corrected chi connectivity index (χ4v) is 3.26. The molecule has 2 rings (SSSR count). The first-order chi connectivity index (χ1) is 9.97. The van der Waals surface area contributed by atoms with Crippen molar-refractivity contribution in [3.8, 4) is 0 Å². The van der Waals surface area contributed by atoms with E-state index in [-0.39, 0.29) is 6.04 Å². The molecular formula is C16H27BrN4. The molecule has 1 aliphatic rings. The molecule has 0 unspecified atom stereocenters. The number of hydrogen-bond acceptors (Lipinski definition) is 4. The lowest BCUT2D eigenvalue weighted by molar-refractivity contribution is 0.229. The van der Waals surface area contributed by atoms with Crippen LogP contribution in [0.25, 0.3) is 0 Å². The van der Waals surface area contributed by atoms with Crippen LogP contribution in [0.15, 0.2) is 22.7 Å². The number of nitrogens with zero attached hydrogens (tertiary/aromatic N) is 3. The molecule has 0 amide bonds. The summed E-state index contributed by atoms with van der Waals surface area (Å²) in [4.78, 5) is 7.25. The Balaban J connectivity index is 1.93. The van der Waals surface area contributed by atoms with Gasteiger partial charge < -0.3 is 15.5 Å². The van der Waals surface area contributed by atoms with Gasteiger partial charge in [0.05, 0.1) is 5.69 Å². The standard InChI is InChI=1S/C16H27BrN4/c1-13(18)14-4-5-16(15(17)12-14)21-10-8-20(9-11-21)7-6-19(2)3/h4-5,12-13H,6-11,18H2,1-3H3/t13-/m0/s1. The third kappa shape index (κ3) is 4.68. The minimum absolute atomic E-state index is 0.0817. The Morgan fingerprint density at radius 3 is 2.43 bits per heavy atom. The maximum Gasteiger partial charge on any atom is 0.0511 e. The van der Waals surface area contributed by atoms with Crippen molar-refractivity contribution in [2.75, 3.05) is 58.3 Å². The van der Waals surface area contributed by atoms with Crippen LogP contribution in [0.3, 0.4) is 0 Å². The van der Waals surface area contributed by atoms with E-state index in [1.165, 1.54) is 11.3 Å². The van der Waals surface area contributed by atoms with Crippen molar-refractivity contribution in [3.05, 3.63) is 28.2 Å². The number of hydrogen-bond donors (Lipinski definition) is 1. The van der Waals surface area contributed by atoms with Crippen molar-refractivity contribution in [2.45, 2.75) is 13.0 Å². The Hall–Kier alpha value is -0.620. The molecule has 21 heavy (non-hydrogen) atoms. The number of anilines is 1. The molecule has 2 N–H and O–H groups in total. The molecule has 0 radical (unpaired) electrons. The predicted molar refractivity (Wildman–Crippen MR) is 94.0 cm³/mol. The quantitative estimate of drug-likeness (QED) is 0.878. The highest BCUT2D eigenvalue weighted by molar-refractivity contribution is 9.10. The van der Waals surface area contributed by atoms with Crippen LogP contribution in [0, 0.1) is 0 Å². The first-order valence-corrected chi connectivity index (χ1v) is 8.43. The van der Waals surface area contributed by atoms with Crippen molar-refractivity contribution in [3.63, 3.8) is 0 Å². The van der Waals surface area contributed by atoms with E-state index >= 15 is 0 Å². The van der Waals surface area contributed by atoms with Crippen molar-refractivity contribution >= 4 is 21.6 Å². The van der Waals surface area contributed by atoms with E-state index in [1.807, 2.05) is 6.92 Å². The molecule has 4 nitrogen and oxygen atoms in total. The maximum absolute atomic E-state index is 5.94. The molecule has 0 aromatic heterocycles. The predicted octanol–water partition coefficient (Wildman–Crippen LogP) is 2.15. The highest BCUT2D eigenvalue weighted by atomic mass is 79.9. The summed E-state index contributed by atoms with van der Waals surface area (Å²) < 4.78 is 1.15. The molecule has 1 fully saturated rings. The van der Waals surface area contributed by atoms with Crippen LogP contribution in [0.5, 0.6) is 0 Å². The van der Waals surface area contributed by atoms with Gasteiger partial charge in [0.25, 0.3) is 0 Å². The second kappa shape index (κ2) is 7.58. The van der Waals surface area contributed by atoms with Gasteiger partial charge in [0.15, 0.2) is 0 Å². The molecule has 1 aliphatic heterocycles. The van der Waals surface area contributed by atoms with Gasteiger partial charge in [-0.15, -0.1) is 0 Å². The Morgan fingerprint density at radius 1 is 1.24 bits per heavy atom. The molecule has 0 saturated carbocycles. The lowest BCUT2D eigenvalue weighted by Gasteiger charge is -2.37. The SMILES string of the molecule is C[C@H](N)c1ccc(N2CCN(CCN(C)C)CC2)c(Br)c1. The van der Waals surface area contributed by atoms with Gasteiger partial charge in [0, 0.05) is 49.8 Å². The third-order valence-corrected chi connectivity index (χ3v) is 4.71. The molecule has 1 heterocycles. The molecular weight excluding hydrogens is 328 g/mol. The van der Waals surface area contributed by atoms with Gasteiger partial charge in [-0.05, 0) is 54.6 Å². The molecule has 1 aromatic rings. The first kappa shape index (κ1) is 16.7. The van der Waals surface area contributed by atoms with Gasteiger partial charge >= 0.3 is 0 Å². The van der Waals surface area contributed by atoms with Crippen molar-refractivity contribution in [1.29, 1.82) is 0 Å². The summed E-state index contributed by atoms with van der Waals surface area (Å²) in [5.41, 5.74) is 8.40. The molecule has 1 atom stereocenters. The summed E-state index contributed by atoms with van der Waals surface area (Å²) in [5.74, 6) is 0. The fraction of sp³-hybridized carbons (Fsp3) is 0.625. The monoisotopic (exact) mass is 354 g/mol. The smallest absolute Gasteiger partial charge is 0.0511 e. The normalized spacial score (nSPS) is 18.3. The lowest BCUT2D eigenvalue weighted by Crippen LogP contribution is -2.48. The Labute approximate surface area is 137 Å². The lowest BCUT2D eigenvalue weighted by atomic mass is 10.1. The number of likely N-dealkylation sites (N-methyl/N-ethyl adjacent to an activating group) is 1. The van der Waals surface area contributed by atoms with Crippen LogP contribution in [-0.2, 0) is 0 Å². The average molecular weight is 355 g/mol. The summed E-state index contributed by atoms with van der Waals surface area (Å²) in [6.07, 6.45) is 0. The van der Waals surface area contributed by atoms with E-state index in [0.717, 1.165) is 43.7 Å². The summed E-state index contributed by atoms with van der Waals surface area (Å²) in [7, 11) is 4.26. The zero-order chi connectivity index (χ0) is 15.4. The van der Waals surface area contributed by atoms with Crippen LogP contribution in [0.1, 0.15) is 18.5 Å². The topological polar surface area (TPSA) is 35.7 Å². The second-order valence-corrected chi connectivity index (χ2v) is 6.99. The second-order valence-electron chi connectivity index (χ2n) is 6.13. The van der Waals surface area contributed by atoms with Crippen molar-refractivity contribution in [1.82, 2.24) is 9.80 Å². The molecule has 0 spiro atoms. The van der Waals surface area contributed by atoms with Gasteiger partial charge in [-0.1, -0.05) is 6.07 Å². The summed E-state index contributed by atoms with van der Waals surface area (Å²) >= 11 is 3.70. The number of rotatable bonds is 5. The molecule has 0 bridgehead atoms.